The molecule has 2 aromatic rings. The zero-order chi connectivity index (χ0) is 16.3. The molecule has 0 amide bonds. The van der Waals surface area contributed by atoms with Crippen LogP contribution in [0.5, 0.6) is 5.75 Å². The van der Waals surface area contributed by atoms with Gasteiger partial charge in [0.1, 0.15) is 17.6 Å². The van der Waals surface area contributed by atoms with Crippen LogP contribution in [0.15, 0.2) is 33.9 Å². The quantitative estimate of drug-likeness (QED) is 0.892. The highest BCUT2D eigenvalue weighted by atomic mass is 16.5. The third-order valence-electron chi connectivity index (χ3n) is 3.42. The van der Waals surface area contributed by atoms with Crippen molar-refractivity contribution in [1.29, 1.82) is 5.26 Å². The summed E-state index contributed by atoms with van der Waals surface area (Å²) in [4.78, 5) is 24.0. The Balaban J connectivity index is 2.45. The molecule has 7 heteroatoms. The number of methoxy groups -OCH3 is 1. The lowest BCUT2D eigenvalue weighted by molar-refractivity contribution is 0.410. The summed E-state index contributed by atoms with van der Waals surface area (Å²) in [6.45, 7) is 0.319. The van der Waals surface area contributed by atoms with Gasteiger partial charge in [0, 0.05) is 26.2 Å². The zero-order valence-corrected chi connectivity index (χ0v) is 12.6. The van der Waals surface area contributed by atoms with Crippen molar-refractivity contribution in [2.75, 3.05) is 12.4 Å². The lowest BCUT2D eigenvalue weighted by Crippen LogP contribution is -2.39. The third kappa shape index (κ3) is 2.59. The topological polar surface area (TPSA) is 89.1 Å². The number of rotatable bonds is 4. The predicted molar refractivity (Wildman–Crippen MR) is 82.0 cm³/mol. The van der Waals surface area contributed by atoms with Crippen LogP contribution in [0.3, 0.4) is 0 Å². The molecule has 0 bridgehead atoms. The first-order chi connectivity index (χ1) is 10.5. The van der Waals surface area contributed by atoms with Crippen molar-refractivity contribution in [2.24, 2.45) is 14.1 Å². The van der Waals surface area contributed by atoms with E-state index in [-0.39, 0.29) is 11.4 Å². The number of nitrogens with one attached hydrogen (secondary N) is 1. The van der Waals surface area contributed by atoms with E-state index in [4.69, 9.17) is 4.74 Å². The maximum absolute atomic E-state index is 12.0. The molecule has 0 aliphatic rings. The molecule has 22 heavy (non-hydrogen) atoms. The van der Waals surface area contributed by atoms with Crippen molar-refractivity contribution >= 4 is 5.82 Å². The molecule has 0 saturated heterocycles. The molecule has 7 nitrogen and oxygen atoms in total. The van der Waals surface area contributed by atoms with E-state index in [1.54, 1.807) is 7.11 Å². The van der Waals surface area contributed by atoms with Crippen LogP contribution in [-0.2, 0) is 20.6 Å². The largest absolute Gasteiger partial charge is 0.496 e. The summed E-state index contributed by atoms with van der Waals surface area (Å²) in [5.74, 6) is 0.879. The van der Waals surface area contributed by atoms with Crippen LogP contribution in [0.2, 0.25) is 0 Å². The Bertz CT molecular complexity index is 859. The van der Waals surface area contributed by atoms with E-state index < -0.39 is 11.2 Å². The Morgan fingerprint density at radius 3 is 2.55 bits per heavy atom. The standard InChI is InChI=1S/C15H16N4O3/c1-18-13(11(8-16)14(20)19(2)15(18)21)17-9-10-6-4-5-7-12(10)22-3/h4-7,17H,9H2,1-3H3. The van der Waals surface area contributed by atoms with Crippen LogP contribution in [0, 0.1) is 11.3 Å². The van der Waals surface area contributed by atoms with Crippen molar-refractivity contribution < 1.29 is 4.74 Å². The summed E-state index contributed by atoms with van der Waals surface area (Å²) < 4.78 is 7.40. The monoisotopic (exact) mass is 300 g/mol. The second-order valence-electron chi connectivity index (χ2n) is 4.71. The molecule has 114 valence electrons. The van der Waals surface area contributed by atoms with E-state index in [0.29, 0.717) is 12.3 Å². The van der Waals surface area contributed by atoms with Gasteiger partial charge in [0.15, 0.2) is 5.56 Å². The molecule has 0 unspecified atom stereocenters. The second kappa shape index (κ2) is 6.18. The molecule has 0 radical (unpaired) electrons. The maximum Gasteiger partial charge on any atom is 0.332 e. The first kappa shape index (κ1) is 15.4. The molecule has 1 N–H and O–H groups in total. The first-order valence-electron chi connectivity index (χ1n) is 6.57. The summed E-state index contributed by atoms with van der Waals surface area (Å²) in [5.41, 5.74) is -0.360. The molecule has 1 heterocycles. The van der Waals surface area contributed by atoms with Crippen LogP contribution in [0.25, 0.3) is 0 Å². The molecule has 2 rings (SSSR count). The van der Waals surface area contributed by atoms with Crippen molar-refractivity contribution in [3.63, 3.8) is 0 Å². The predicted octanol–water partition coefficient (Wildman–Crippen LogP) is 0.576. The van der Waals surface area contributed by atoms with Crippen LogP contribution in [-0.4, -0.2) is 16.2 Å². The van der Waals surface area contributed by atoms with Crippen molar-refractivity contribution in [1.82, 2.24) is 9.13 Å². The fourth-order valence-electron chi connectivity index (χ4n) is 2.18. The number of hydrogen-bond donors (Lipinski definition) is 1. The number of anilines is 1. The number of nitrogens with zero attached hydrogens (tertiary/aromatic N) is 3. The molecule has 0 aliphatic heterocycles. The summed E-state index contributed by atoms with van der Waals surface area (Å²) >= 11 is 0. The minimum Gasteiger partial charge on any atom is -0.496 e. The minimum atomic E-state index is -0.617. The van der Waals surface area contributed by atoms with Gasteiger partial charge in [-0.25, -0.2) is 4.79 Å². The fourth-order valence-corrected chi connectivity index (χ4v) is 2.18. The number of ether oxygens (including phenoxy) is 1. The van der Waals surface area contributed by atoms with Crippen molar-refractivity contribution in [3.05, 3.63) is 56.2 Å². The van der Waals surface area contributed by atoms with Crippen LogP contribution in [0.4, 0.5) is 5.82 Å². The van der Waals surface area contributed by atoms with Gasteiger partial charge >= 0.3 is 5.69 Å². The summed E-state index contributed by atoms with van der Waals surface area (Å²) in [7, 11) is 4.41. The number of para-hydroxylation sites is 1. The number of benzene rings is 1. The number of nitriles is 1. The summed E-state index contributed by atoms with van der Waals surface area (Å²) in [5, 5.41) is 12.2. The van der Waals surface area contributed by atoms with E-state index in [1.165, 1.54) is 18.7 Å². The highest BCUT2D eigenvalue weighted by Crippen LogP contribution is 2.19. The van der Waals surface area contributed by atoms with Crippen molar-refractivity contribution in [3.8, 4) is 11.8 Å². The van der Waals surface area contributed by atoms with E-state index >= 15 is 0 Å². The van der Waals surface area contributed by atoms with Crippen molar-refractivity contribution in [2.45, 2.75) is 6.54 Å². The van der Waals surface area contributed by atoms with Gasteiger partial charge in [-0.3, -0.25) is 13.9 Å². The molecular weight excluding hydrogens is 284 g/mol. The van der Waals surface area contributed by atoms with Crippen LogP contribution >= 0.6 is 0 Å². The lowest BCUT2D eigenvalue weighted by Gasteiger charge is -2.15. The molecular formula is C15H16N4O3. The van der Waals surface area contributed by atoms with Gasteiger partial charge in [0.05, 0.1) is 7.11 Å². The second-order valence-corrected chi connectivity index (χ2v) is 4.71. The third-order valence-corrected chi connectivity index (χ3v) is 3.42. The Morgan fingerprint density at radius 1 is 1.23 bits per heavy atom. The zero-order valence-electron chi connectivity index (χ0n) is 12.6. The first-order valence-corrected chi connectivity index (χ1v) is 6.57. The molecule has 0 fully saturated rings. The number of hydrogen-bond acceptors (Lipinski definition) is 5. The van der Waals surface area contributed by atoms with Gasteiger partial charge in [-0.05, 0) is 6.07 Å². The van der Waals surface area contributed by atoms with Crippen LogP contribution in [0.1, 0.15) is 11.1 Å². The number of aromatic nitrogens is 2. The summed E-state index contributed by atoms with van der Waals surface area (Å²) in [6.07, 6.45) is 0. The molecule has 0 atom stereocenters. The molecule has 1 aromatic heterocycles. The smallest absolute Gasteiger partial charge is 0.332 e. The molecule has 1 aromatic carbocycles. The fraction of sp³-hybridized carbons (Fsp3) is 0.267. The highest BCUT2D eigenvalue weighted by Gasteiger charge is 2.15. The van der Waals surface area contributed by atoms with Gasteiger partial charge in [0.25, 0.3) is 5.56 Å². The SMILES string of the molecule is COc1ccccc1CNc1c(C#N)c(=O)n(C)c(=O)n1C. The van der Waals surface area contributed by atoms with E-state index in [2.05, 4.69) is 5.32 Å². The van der Waals surface area contributed by atoms with Gasteiger partial charge in [-0.2, -0.15) is 5.26 Å². The van der Waals surface area contributed by atoms with E-state index in [9.17, 15) is 14.9 Å². The van der Waals surface area contributed by atoms with Crippen LogP contribution < -0.4 is 21.3 Å². The normalized spacial score (nSPS) is 10.1. The Hall–Kier alpha value is -3.01. The average Bonchev–Trinajstić information content (AvgIpc) is 2.55. The maximum atomic E-state index is 12.0. The van der Waals surface area contributed by atoms with Gasteiger partial charge in [-0.1, -0.05) is 18.2 Å². The molecule has 0 spiro atoms. The summed E-state index contributed by atoms with van der Waals surface area (Å²) in [6, 6.07) is 9.22. The van der Waals surface area contributed by atoms with Gasteiger partial charge in [0.2, 0.25) is 0 Å². The van der Waals surface area contributed by atoms with Gasteiger partial charge in [-0.15, -0.1) is 0 Å². The van der Waals surface area contributed by atoms with E-state index in [0.717, 1.165) is 10.1 Å². The van der Waals surface area contributed by atoms with E-state index in [1.807, 2.05) is 30.3 Å². The highest BCUT2D eigenvalue weighted by molar-refractivity contribution is 5.52. The lowest BCUT2D eigenvalue weighted by atomic mass is 10.2. The Morgan fingerprint density at radius 2 is 1.91 bits per heavy atom. The Labute approximate surface area is 127 Å². The Kier molecular flexibility index (Phi) is 4.32. The van der Waals surface area contributed by atoms with Gasteiger partial charge < -0.3 is 10.1 Å². The average molecular weight is 300 g/mol. The molecule has 0 aliphatic carbocycles. The minimum absolute atomic E-state index is 0.0977. The molecule has 0 saturated carbocycles.